The molecule has 1 fully saturated rings. The summed E-state index contributed by atoms with van der Waals surface area (Å²) in [4.78, 5) is 14.7. The lowest BCUT2D eigenvalue weighted by Crippen LogP contribution is -2.52. The van der Waals surface area contributed by atoms with Crippen molar-refractivity contribution >= 4 is 21.8 Å². The van der Waals surface area contributed by atoms with Crippen LogP contribution in [0.25, 0.3) is 0 Å². The Morgan fingerprint density at radius 1 is 1.38 bits per heavy atom. The molecule has 0 spiro atoms. The summed E-state index contributed by atoms with van der Waals surface area (Å²) >= 11 is 3.44. The first kappa shape index (κ1) is 16.5. The highest BCUT2D eigenvalue weighted by Crippen LogP contribution is 2.27. The van der Waals surface area contributed by atoms with Crippen LogP contribution in [0.2, 0.25) is 0 Å². The van der Waals surface area contributed by atoms with Crippen LogP contribution < -0.4 is 5.73 Å². The minimum Gasteiger partial charge on any atom is -0.336 e. The maximum absolute atomic E-state index is 12.7. The molecular weight excluding hydrogens is 328 g/mol. The molecular formula is C17H25BrN2O. The molecule has 1 aromatic carbocycles. The van der Waals surface area contributed by atoms with Gasteiger partial charge >= 0.3 is 0 Å². The number of piperidine rings is 1. The van der Waals surface area contributed by atoms with E-state index in [9.17, 15) is 4.79 Å². The Kier molecular flexibility index (Phi) is 5.82. The smallest absolute Gasteiger partial charge is 0.223 e. The largest absolute Gasteiger partial charge is 0.336 e. The fourth-order valence-corrected chi connectivity index (χ4v) is 3.51. The van der Waals surface area contributed by atoms with Crippen LogP contribution in [-0.4, -0.2) is 29.4 Å². The number of rotatable bonds is 4. The van der Waals surface area contributed by atoms with Gasteiger partial charge in [0.15, 0.2) is 0 Å². The maximum atomic E-state index is 12.7. The maximum Gasteiger partial charge on any atom is 0.223 e. The van der Waals surface area contributed by atoms with Crippen molar-refractivity contribution in [2.24, 2.45) is 5.73 Å². The zero-order valence-electron chi connectivity index (χ0n) is 12.9. The van der Waals surface area contributed by atoms with Crippen LogP contribution in [0.4, 0.5) is 0 Å². The molecule has 1 saturated heterocycles. The first-order valence-corrected chi connectivity index (χ1v) is 8.59. The predicted octanol–water partition coefficient (Wildman–Crippen LogP) is 3.67. The Hall–Kier alpha value is -0.870. The number of amides is 1. The van der Waals surface area contributed by atoms with E-state index in [4.69, 9.17) is 5.73 Å². The van der Waals surface area contributed by atoms with Crippen molar-refractivity contribution in [2.45, 2.75) is 57.5 Å². The molecule has 1 aromatic rings. The third kappa shape index (κ3) is 4.07. The van der Waals surface area contributed by atoms with Gasteiger partial charge in [0.25, 0.3) is 0 Å². The average Bonchev–Trinajstić information content (AvgIpc) is 2.47. The molecule has 21 heavy (non-hydrogen) atoms. The van der Waals surface area contributed by atoms with Gasteiger partial charge in [-0.25, -0.2) is 0 Å². The van der Waals surface area contributed by atoms with Crippen molar-refractivity contribution in [3.05, 3.63) is 34.3 Å². The van der Waals surface area contributed by atoms with Gasteiger partial charge in [-0.3, -0.25) is 4.79 Å². The zero-order valence-corrected chi connectivity index (χ0v) is 14.5. The van der Waals surface area contributed by atoms with E-state index in [0.717, 1.165) is 17.3 Å². The molecule has 3 atom stereocenters. The standard InChI is InChI=1S/C17H25BrN2O/c1-12(14-6-8-15(18)9-7-14)10-17(21)20-13(2)4-3-5-16(20)11-19/h6-9,12-13,16H,3-5,10-11,19H2,1-2H3. The monoisotopic (exact) mass is 352 g/mol. The third-order valence-corrected chi connectivity index (χ3v) is 5.04. The van der Waals surface area contributed by atoms with Crippen LogP contribution in [0.5, 0.6) is 0 Å². The first-order chi connectivity index (χ1) is 10.0. The summed E-state index contributed by atoms with van der Waals surface area (Å²) in [5, 5.41) is 0. The molecule has 1 heterocycles. The lowest BCUT2D eigenvalue weighted by Gasteiger charge is -2.40. The number of carbonyl (C=O) groups excluding carboxylic acids is 1. The van der Waals surface area contributed by atoms with Gasteiger partial charge < -0.3 is 10.6 Å². The van der Waals surface area contributed by atoms with Crippen LogP contribution >= 0.6 is 15.9 Å². The third-order valence-electron chi connectivity index (χ3n) is 4.51. The summed E-state index contributed by atoms with van der Waals surface area (Å²) in [6.07, 6.45) is 3.87. The molecule has 1 amide bonds. The van der Waals surface area contributed by atoms with E-state index < -0.39 is 0 Å². The fraction of sp³-hybridized carbons (Fsp3) is 0.588. The van der Waals surface area contributed by atoms with E-state index in [1.54, 1.807) is 0 Å². The van der Waals surface area contributed by atoms with E-state index in [1.165, 1.54) is 12.0 Å². The lowest BCUT2D eigenvalue weighted by atomic mass is 9.93. The van der Waals surface area contributed by atoms with Crippen molar-refractivity contribution < 1.29 is 4.79 Å². The highest BCUT2D eigenvalue weighted by atomic mass is 79.9. The molecule has 116 valence electrons. The van der Waals surface area contributed by atoms with Crippen molar-refractivity contribution in [3.63, 3.8) is 0 Å². The first-order valence-electron chi connectivity index (χ1n) is 7.79. The Morgan fingerprint density at radius 3 is 2.67 bits per heavy atom. The quantitative estimate of drug-likeness (QED) is 0.898. The number of hydrogen-bond acceptors (Lipinski definition) is 2. The summed E-state index contributed by atoms with van der Waals surface area (Å²) < 4.78 is 1.07. The molecule has 3 unspecified atom stereocenters. The van der Waals surface area contributed by atoms with Gasteiger partial charge in [0.1, 0.15) is 0 Å². The van der Waals surface area contributed by atoms with Crippen molar-refractivity contribution in [2.75, 3.05) is 6.54 Å². The number of halogens is 1. The summed E-state index contributed by atoms with van der Waals surface area (Å²) in [7, 11) is 0. The van der Waals surface area contributed by atoms with E-state index >= 15 is 0 Å². The normalized spacial score (nSPS) is 23.9. The molecule has 1 aliphatic rings. The van der Waals surface area contributed by atoms with Gasteiger partial charge in [-0.2, -0.15) is 0 Å². The Bertz CT molecular complexity index is 474. The summed E-state index contributed by atoms with van der Waals surface area (Å²) in [6.45, 7) is 4.83. The van der Waals surface area contributed by atoms with E-state index in [2.05, 4.69) is 41.9 Å². The van der Waals surface area contributed by atoms with E-state index in [1.807, 2.05) is 17.0 Å². The Balaban J connectivity index is 2.03. The molecule has 4 heteroatoms. The van der Waals surface area contributed by atoms with Crippen LogP contribution in [-0.2, 0) is 4.79 Å². The van der Waals surface area contributed by atoms with Crippen LogP contribution in [0.1, 0.15) is 51.0 Å². The zero-order chi connectivity index (χ0) is 15.4. The van der Waals surface area contributed by atoms with Gasteiger partial charge in [-0.1, -0.05) is 35.0 Å². The van der Waals surface area contributed by atoms with Gasteiger partial charge in [0, 0.05) is 29.5 Å². The second kappa shape index (κ2) is 7.41. The van der Waals surface area contributed by atoms with Crippen LogP contribution in [0.3, 0.4) is 0 Å². The van der Waals surface area contributed by atoms with Gasteiger partial charge in [0.2, 0.25) is 5.91 Å². The van der Waals surface area contributed by atoms with Crippen molar-refractivity contribution in [1.82, 2.24) is 4.90 Å². The molecule has 1 aliphatic heterocycles. The second-order valence-electron chi connectivity index (χ2n) is 6.13. The molecule has 0 aromatic heterocycles. The number of nitrogens with two attached hydrogens (primary N) is 1. The van der Waals surface area contributed by atoms with E-state index in [-0.39, 0.29) is 17.9 Å². The van der Waals surface area contributed by atoms with Crippen LogP contribution in [0.15, 0.2) is 28.7 Å². The number of benzene rings is 1. The molecule has 0 saturated carbocycles. The molecule has 3 nitrogen and oxygen atoms in total. The van der Waals surface area contributed by atoms with Gasteiger partial charge in [0.05, 0.1) is 0 Å². The second-order valence-corrected chi connectivity index (χ2v) is 7.04. The Labute approximate surface area is 136 Å². The molecule has 0 bridgehead atoms. The molecule has 2 rings (SSSR count). The fourth-order valence-electron chi connectivity index (χ4n) is 3.24. The van der Waals surface area contributed by atoms with Crippen LogP contribution in [0, 0.1) is 0 Å². The highest BCUT2D eigenvalue weighted by Gasteiger charge is 2.31. The molecule has 2 N–H and O–H groups in total. The van der Waals surface area contributed by atoms with Crippen molar-refractivity contribution in [1.29, 1.82) is 0 Å². The van der Waals surface area contributed by atoms with Gasteiger partial charge in [-0.15, -0.1) is 0 Å². The number of nitrogens with zero attached hydrogens (tertiary/aromatic N) is 1. The van der Waals surface area contributed by atoms with E-state index in [0.29, 0.717) is 19.0 Å². The Morgan fingerprint density at radius 2 is 2.05 bits per heavy atom. The highest BCUT2D eigenvalue weighted by molar-refractivity contribution is 9.10. The molecule has 0 aliphatic carbocycles. The van der Waals surface area contributed by atoms with Crippen molar-refractivity contribution in [3.8, 4) is 0 Å². The predicted molar refractivity (Wildman–Crippen MR) is 90.2 cm³/mol. The summed E-state index contributed by atoms with van der Waals surface area (Å²) in [5.41, 5.74) is 7.06. The lowest BCUT2D eigenvalue weighted by molar-refractivity contribution is -0.137. The van der Waals surface area contributed by atoms with Gasteiger partial charge in [-0.05, 0) is 49.8 Å². The topological polar surface area (TPSA) is 46.3 Å². The number of carbonyl (C=O) groups is 1. The number of likely N-dealkylation sites (tertiary alicyclic amines) is 1. The summed E-state index contributed by atoms with van der Waals surface area (Å²) in [5.74, 6) is 0.478. The minimum atomic E-state index is 0.221. The summed E-state index contributed by atoms with van der Waals surface area (Å²) in [6, 6.07) is 8.77. The SMILES string of the molecule is CC(CC(=O)N1C(C)CCCC1CN)c1ccc(Br)cc1. The minimum absolute atomic E-state index is 0.221. The molecule has 0 radical (unpaired) electrons. The number of hydrogen-bond donors (Lipinski definition) is 1. The average molecular weight is 353 g/mol.